The minimum atomic E-state index is -0.117. The Morgan fingerprint density at radius 3 is 2.50 bits per heavy atom. The quantitative estimate of drug-likeness (QED) is 0.701. The van der Waals surface area contributed by atoms with E-state index in [2.05, 4.69) is 17.2 Å². The molecule has 1 amide bonds. The van der Waals surface area contributed by atoms with E-state index in [1.165, 1.54) is 0 Å². The molecule has 0 aliphatic carbocycles. The number of hydrogen-bond acceptors (Lipinski definition) is 3. The lowest BCUT2D eigenvalue weighted by molar-refractivity contribution is -0.115. The van der Waals surface area contributed by atoms with Crippen molar-refractivity contribution in [1.82, 2.24) is 9.97 Å². The maximum atomic E-state index is 12.4. The Labute approximate surface area is 155 Å². The van der Waals surface area contributed by atoms with E-state index in [1.54, 1.807) is 18.3 Å². The molecule has 0 fully saturated rings. The molecule has 4 nitrogen and oxygen atoms in total. The van der Waals surface area contributed by atoms with Gasteiger partial charge in [0.05, 0.1) is 24.0 Å². The lowest BCUT2D eigenvalue weighted by Crippen LogP contribution is -2.18. The molecule has 1 heterocycles. The molecule has 0 bridgehead atoms. The van der Waals surface area contributed by atoms with E-state index in [4.69, 9.17) is 12.8 Å². The zero-order valence-electron chi connectivity index (χ0n) is 14.8. The third kappa shape index (κ3) is 4.57. The van der Waals surface area contributed by atoms with E-state index in [0.29, 0.717) is 11.3 Å². The van der Waals surface area contributed by atoms with Gasteiger partial charge in [-0.3, -0.25) is 4.79 Å². The summed E-state index contributed by atoms with van der Waals surface area (Å²) in [6.07, 6.45) is 3.65. The van der Waals surface area contributed by atoms with Crippen LogP contribution >= 0.6 is 0 Å². The third-order valence-electron chi connectivity index (χ3n) is 4.00. The van der Waals surface area contributed by atoms with Gasteiger partial charge in [0.1, 0.15) is 7.85 Å². The summed E-state index contributed by atoms with van der Waals surface area (Å²) in [4.78, 5) is 21.5. The lowest BCUT2D eigenvalue weighted by atomic mass is 9.95. The summed E-state index contributed by atoms with van der Waals surface area (Å²) >= 11 is 0. The van der Waals surface area contributed by atoms with E-state index in [1.807, 2.05) is 42.5 Å². The fourth-order valence-corrected chi connectivity index (χ4v) is 2.69. The zero-order chi connectivity index (χ0) is 18.4. The number of amides is 1. The molecule has 2 radical (unpaired) electrons. The first-order valence-corrected chi connectivity index (χ1v) is 8.71. The predicted molar refractivity (Wildman–Crippen MR) is 106 cm³/mol. The van der Waals surface area contributed by atoms with E-state index >= 15 is 0 Å². The molecule has 5 heteroatoms. The molecule has 26 heavy (non-hydrogen) atoms. The van der Waals surface area contributed by atoms with Gasteiger partial charge in [-0.15, -0.1) is 0 Å². The van der Waals surface area contributed by atoms with E-state index in [9.17, 15) is 4.79 Å². The van der Waals surface area contributed by atoms with Gasteiger partial charge in [-0.2, -0.15) is 0 Å². The molecule has 2 aromatic carbocycles. The molecule has 0 unspecified atom stereocenters. The minimum Gasteiger partial charge on any atom is -0.309 e. The highest BCUT2D eigenvalue weighted by molar-refractivity contribution is 6.32. The summed E-state index contributed by atoms with van der Waals surface area (Å²) < 4.78 is 0. The smallest absolute Gasteiger partial charge is 0.229 e. The van der Waals surface area contributed by atoms with Crippen LogP contribution in [0.3, 0.4) is 0 Å². The van der Waals surface area contributed by atoms with Gasteiger partial charge in [0, 0.05) is 5.56 Å². The number of nitrogens with zero attached hydrogens (tertiary/aromatic N) is 2. The SMILES string of the molecule is [B]c1ccc(CC(=O)Nc2ncc(-c3ccccc3)nc2CCC)cc1. The normalized spacial score (nSPS) is 10.5. The van der Waals surface area contributed by atoms with Gasteiger partial charge in [-0.1, -0.05) is 73.4 Å². The second-order valence-corrected chi connectivity index (χ2v) is 6.13. The molecule has 3 rings (SSSR count). The van der Waals surface area contributed by atoms with Crippen LogP contribution in [-0.2, 0) is 17.6 Å². The highest BCUT2D eigenvalue weighted by Crippen LogP contribution is 2.20. The minimum absolute atomic E-state index is 0.117. The van der Waals surface area contributed by atoms with E-state index in [-0.39, 0.29) is 12.3 Å². The second-order valence-electron chi connectivity index (χ2n) is 6.13. The fourth-order valence-electron chi connectivity index (χ4n) is 2.69. The lowest BCUT2D eigenvalue weighted by Gasteiger charge is -2.11. The van der Waals surface area contributed by atoms with Gasteiger partial charge < -0.3 is 5.32 Å². The molecule has 0 aliphatic heterocycles. The Morgan fingerprint density at radius 1 is 1.08 bits per heavy atom. The second kappa shape index (κ2) is 8.43. The number of anilines is 1. The van der Waals surface area contributed by atoms with Crippen molar-refractivity contribution in [3.8, 4) is 11.3 Å². The van der Waals surface area contributed by atoms with Crippen molar-refractivity contribution in [2.45, 2.75) is 26.2 Å². The summed E-state index contributed by atoms with van der Waals surface area (Å²) in [6, 6.07) is 17.2. The van der Waals surface area contributed by atoms with Crippen LogP contribution in [0, 0.1) is 0 Å². The summed E-state index contributed by atoms with van der Waals surface area (Å²) in [7, 11) is 5.68. The molecule has 3 aromatic rings. The van der Waals surface area contributed by atoms with Crippen molar-refractivity contribution in [3.05, 3.63) is 72.1 Å². The molecular weight excluding hydrogens is 321 g/mol. The first-order valence-electron chi connectivity index (χ1n) is 8.71. The van der Waals surface area contributed by atoms with Crippen LogP contribution in [0.5, 0.6) is 0 Å². The predicted octanol–water partition coefficient (Wildman–Crippen LogP) is 3.07. The van der Waals surface area contributed by atoms with Crippen LogP contribution < -0.4 is 10.8 Å². The average Bonchev–Trinajstić information content (AvgIpc) is 2.66. The first kappa shape index (κ1) is 17.9. The number of hydrogen-bond donors (Lipinski definition) is 1. The van der Waals surface area contributed by atoms with E-state index < -0.39 is 0 Å². The standard InChI is InChI=1S/C21H20BN3O/c1-2-6-18-21(23-14-19(24-18)16-7-4-3-5-8-16)25-20(26)13-15-9-11-17(22)12-10-15/h3-5,7-12,14H,2,6,13H2,1H3,(H,23,25,26). The Balaban J connectivity index is 1.78. The number of aryl methyl sites for hydroxylation is 1. The fraction of sp³-hybridized carbons (Fsp3) is 0.190. The molecule has 0 spiro atoms. The van der Waals surface area contributed by atoms with Crippen LogP contribution in [0.2, 0.25) is 0 Å². The van der Waals surface area contributed by atoms with Crippen molar-refractivity contribution in [2.75, 3.05) is 5.32 Å². The first-order chi connectivity index (χ1) is 12.7. The van der Waals surface area contributed by atoms with E-state index in [0.717, 1.165) is 35.4 Å². The van der Waals surface area contributed by atoms with Gasteiger partial charge in [0.15, 0.2) is 5.82 Å². The van der Waals surface area contributed by atoms with Crippen LogP contribution in [0.15, 0.2) is 60.8 Å². The van der Waals surface area contributed by atoms with Crippen molar-refractivity contribution in [1.29, 1.82) is 0 Å². The van der Waals surface area contributed by atoms with Gasteiger partial charge >= 0.3 is 0 Å². The summed E-state index contributed by atoms with van der Waals surface area (Å²) in [5.74, 6) is 0.417. The van der Waals surface area contributed by atoms with Gasteiger partial charge in [0.2, 0.25) is 5.91 Å². The number of rotatable bonds is 6. The zero-order valence-corrected chi connectivity index (χ0v) is 14.8. The third-order valence-corrected chi connectivity index (χ3v) is 4.00. The topological polar surface area (TPSA) is 54.9 Å². The van der Waals surface area contributed by atoms with Gasteiger partial charge in [-0.25, -0.2) is 9.97 Å². The van der Waals surface area contributed by atoms with Gasteiger partial charge in [-0.05, 0) is 12.0 Å². The van der Waals surface area contributed by atoms with Crippen LogP contribution in [0.4, 0.5) is 5.82 Å². The Hall–Kier alpha value is -2.95. The summed E-state index contributed by atoms with van der Waals surface area (Å²) in [5, 5.41) is 2.89. The highest BCUT2D eigenvalue weighted by Gasteiger charge is 2.12. The molecule has 0 saturated heterocycles. The average molecular weight is 341 g/mol. The summed E-state index contributed by atoms with van der Waals surface area (Å²) in [6.45, 7) is 2.08. The van der Waals surface area contributed by atoms with Crippen molar-refractivity contribution < 1.29 is 4.79 Å². The van der Waals surface area contributed by atoms with Crippen molar-refractivity contribution in [2.24, 2.45) is 0 Å². The number of carbonyl (C=O) groups excluding carboxylic acids is 1. The monoisotopic (exact) mass is 341 g/mol. The Bertz CT molecular complexity index is 880. The maximum Gasteiger partial charge on any atom is 0.229 e. The molecular formula is C21H20BN3O. The highest BCUT2D eigenvalue weighted by atomic mass is 16.1. The number of nitrogens with one attached hydrogen (secondary N) is 1. The molecule has 0 saturated carbocycles. The molecule has 0 aliphatic rings. The van der Waals surface area contributed by atoms with Crippen molar-refractivity contribution in [3.63, 3.8) is 0 Å². The largest absolute Gasteiger partial charge is 0.309 e. The summed E-state index contributed by atoms with van der Waals surface area (Å²) in [5.41, 5.74) is 4.21. The maximum absolute atomic E-state index is 12.4. The number of carbonyl (C=O) groups is 1. The van der Waals surface area contributed by atoms with Crippen LogP contribution in [-0.4, -0.2) is 23.7 Å². The molecule has 0 atom stereocenters. The molecule has 1 N–H and O–H groups in total. The van der Waals surface area contributed by atoms with Crippen molar-refractivity contribution >= 4 is 25.0 Å². The van der Waals surface area contributed by atoms with Gasteiger partial charge in [0.25, 0.3) is 0 Å². The molecule has 128 valence electrons. The Morgan fingerprint density at radius 2 is 1.81 bits per heavy atom. The molecule has 1 aromatic heterocycles. The number of aromatic nitrogens is 2. The van der Waals surface area contributed by atoms with Crippen LogP contribution in [0.1, 0.15) is 24.6 Å². The Kier molecular flexibility index (Phi) is 5.79. The number of benzene rings is 2. The van der Waals surface area contributed by atoms with Crippen LogP contribution in [0.25, 0.3) is 11.3 Å².